The number of ether oxygens (including phenoxy) is 5. The second kappa shape index (κ2) is 16.7. The summed E-state index contributed by atoms with van der Waals surface area (Å²) in [6, 6.07) is 33.7. The molecule has 0 N–H and O–H groups in total. The van der Waals surface area contributed by atoms with Crippen LogP contribution in [0.2, 0.25) is 0 Å². The lowest BCUT2D eigenvalue weighted by Crippen LogP contribution is -2.28. The van der Waals surface area contributed by atoms with Gasteiger partial charge in [-0.15, -0.1) is 0 Å². The molecule has 0 saturated heterocycles. The maximum Gasteiger partial charge on any atom is 0.335 e. The first-order valence-electron chi connectivity index (χ1n) is 14.3. The summed E-state index contributed by atoms with van der Waals surface area (Å²) >= 11 is 0. The third-order valence-electron chi connectivity index (χ3n) is 6.32. The molecule has 1 atom stereocenters. The molecule has 0 radical (unpaired) electrons. The standard InChI is InChI=1S/C36H38O6/c1-3-38-35(36(37)39-4-2)24-28-17-19-32(20-18-28)40-21-11-16-31-22-33(41-26-29-12-7-5-8-13-29)25-34(23-31)42-27-30-14-9-6-10-15-30/h5-20,22-23,25,35H,3-4,21,24,26-27H2,1-2H3/b16-11+/t35-/m0/s1. The Labute approximate surface area is 248 Å². The molecule has 0 aliphatic carbocycles. The molecule has 6 nitrogen and oxygen atoms in total. The molecule has 0 amide bonds. The highest BCUT2D eigenvalue weighted by molar-refractivity contribution is 5.75. The van der Waals surface area contributed by atoms with Gasteiger partial charge in [-0.05, 0) is 66.4 Å². The molecule has 0 aromatic heterocycles. The van der Waals surface area contributed by atoms with Crippen molar-refractivity contribution in [2.75, 3.05) is 19.8 Å². The summed E-state index contributed by atoms with van der Waals surface area (Å²) in [4.78, 5) is 12.1. The van der Waals surface area contributed by atoms with E-state index in [9.17, 15) is 4.79 Å². The maximum absolute atomic E-state index is 12.1. The SMILES string of the molecule is CCOC(=O)[C@H](Cc1ccc(OC/C=C/c2cc(OCc3ccccc3)cc(OCc3ccccc3)c2)cc1)OCC. The van der Waals surface area contributed by atoms with Crippen molar-refractivity contribution in [2.45, 2.75) is 39.6 Å². The first-order chi connectivity index (χ1) is 20.6. The average Bonchev–Trinajstić information content (AvgIpc) is 3.03. The summed E-state index contributed by atoms with van der Waals surface area (Å²) in [5, 5.41) is 0. The van der Waals surface area contributed by atoms with E-state index in [1.165, 1.54) is 0 Å². The van der Waals surface area contributed by atoms with Gasteiger partial charge >= 0.3 is 5.97 Å². The van der Waals surface area contributed by atoms with Crippen LogP contribution in [0.4, 0.5) is 0 Å². The molecule has 6 heteroatoms. The summed E-state index contributed by atoms with van der Waals surface area (Å²) < 4.78 is 28.8. The van der Waals surface area contributed by atoms with Crippen molar-refractivity contribution in [3.05, 3.63) is 131 Å². The second-order valence-electron chi connectivity index (χ2n) is 9.54. The van der Waals surface area contributed by atoms with E-state index in [1.807, 2.05) is 122 Å². The molecule has 0 aliphatic rings. The molecule has 4 rings (SSSR count). The molecule has 0 aliphatic heterocycles. The van der Waals surface area contributed by atoms with E-state index in [4.69, 9.17) is 23.7 Å². The zero-order valence-corrected chi connectivity index (χ0v) is 24.2. The molecule has 4 aromatic carbocycles. The number of hydrogen-bond donors (Lipinski definition) is 0. The average molecular weight is 567 g/mol. The van der Waals surface area contributed by atoms with E-state index in [1.54, 1.807) is 6.92 Å². The number of hydrogen-bond acceptors (Lipinski definition) is 6. The molecular formula is C36H38O6. The Bertz CT molecular complexity index is 1320. The smallest absolute Gasteiger partial charge is 0.335 e. The highest BCUT2D eigenvalue weighted by Crippen LogP contribution is 2.26. The zero-order chi connectivity index (χ0) is 29.4. The van der Waals surface area contributed by atoms with E-state index in [-0.39, 0.29) is 5.97 Å². The lowest BCUT2D eigenvalue weighted by atomic mass is 10.1. The maximum atomic E-state index is 12.1. The van der Waals surface area contributed by atoms with Crippen molar-refractivity contribution in [1.29, 1.82) is 0 Å². The lowest BCUT2D eigenvalue weighted by molar-refractivity contribution is -0.156. The van der Waals surface area contributed by atoms with Gasteiger partial charge in [-0.2, -0.15) is 0 Å². The lowest BCUT2D eigenvalue weighted by Gasteiger charge is -2.15. The van der Waals surface area contributed by atoms with Crippen LogP contribution in [0.1, 0.15) is 36.1 Å². The Balaban J connectivity index is 1.36. The molecule has 0 spiro atoms. The minimum atomic E-state index is -0.612. The predicted octanol–water partition coefficient (Wildman–Crippen LogP) is 7.45. The van der Waals surface area contributed by atoms with Crippen LogP contribution in [-0.4, -0.2) is 31.9 Å². The van der Waals surface area contributed by atoms with E-state index in [0.717, 1.165) is 39.5 Å². The van der Waals surface area contributed by atoms with Gasteiger partial charge in [-0.3, -0.25) is 0 Å². The van der Waals surface area contributed by atoms with E-state index in [0.29, 0.717) is 39.5 Å². The Morgan fingerprint density at radius 2 is 1.26 bits per heavy atom. The van der Waals surface area contributed by atoms with Crippen LogP contribution in [0.5, 0.6) is 17.2 Å². The van der Waals surface area contributed by atoms with Gasteiger partial charge in [-0.25, -0.2) is 4.79 Å². The van der Waals surface area contributed by atoms with Crippen molar-refractivity contribution < 1.29 is 28.5 Å². The number of rotatable bonds is 16. The Morgan fingerprint density at radius 1 is 0.667 bits per heavy atom. The molecule has 0 fully saturated rings. The highest BCUT2D eigenvalue weighted by Gasteiger charge is 2.20. The number of benzene rings is 4. The van der Waals surface area contributed by atoms with Crippen LogP contribution in [0, 0.1) is 0 Å². The third-order valence-corrected chi connectivity index (χ3v) is 6.32. The van der Waals surface area contributed by atoms with Crippen LogP contribution in [0.15, 0.2) is 109 Å². The number of carbonyl (C=O) groups is 1. The molecule has 0 bridgehead atoms. The quantitative estimate of drug-likeness (QED) is 0.131. The van der Waals surface area contributed by atoms with Gasteiger partial charge in [0.15, 0.2) is 6.10 Å². The Kier molecular flexibility index (Phi) is 12.1. The van der Waals surface area contributed by atoms with Gasteiger partial charge in [0.05, 0.1) is 6.61 Å². The summed E-state index contributed by atoms with van der Waals surface area (Å²) in [6.07, 6.45) is 3.78. The first-order valence-corrected chi connectivity index (χ1v) is 14.3. The summed E-state index contributed by atoms with van der Waals surface area (Å²) in [6.45, 7) is 5.75. The molecule has 0 saturated carbocycles. The van der Waals surface area contributed by atoms with Crippen LogP contribution in [0.25, 0.3) is 6.08 Å². The largest absolute Gasteiger partial charge is 0.490 e. The Hall–Kier alpha value is -4.55. The molecule has 0 unspecified atom stereocenters. The van der Waals surface area contributed by atoms with Crippen molar-refractivity contribution in [3.8, 4) is 17.2 Å². The molecule has 0 heterocycles. The zero-order valence-electron chi connectivity index (χ0n) is 24.2. The van der Waals surface area contributed by atoms with Crippen LogP contribution < -0.4 is 14.2 Å². The van der Waals surface area contributed by atoms with Gasteiger partial charge in [-0.1, -0.05) is 78.9 Å². The fourth-order valence-corrected chi connectivity index (χ4v) is 4.25. The van der Waals surface area contributed by atoms with Crippen LogP contribution in [0.3, 0.4) is 0 Å². The van der Waals surface area contributed by atoms with E-state index in [2.05, 4.69) is 0 Å². The van der Waals surface area contributed by atoms with Crippen molar-refractivity contribution in [3.63, 3.8) is 0 Å². The Morgan fingerprint density at radius 3 is 1.81 bits per heavy atom. The normalized spacial score (nSPS) is 11.7. The monoisotopic (exact) mass is 566 g/mol. The summed E-state index contributed by atoms with van der Waals surface area (Å²) in [5.41, 5.74) is 4.11. The van der Waals surface area contributed by atoms with E-state index < -0.39 is 6.10 Å². The molecular weight excluding hydrogens is 528 g/mol. The summed E-state index contributed by atoms with van der Waals surface area (Å²) in [7, 11) is 0. The van der Waals surface area contributed by atoms with E-state index >= 15 is 0 Å². The van der Waals surface area contributed by atoms with Gasteiger partial charge in [0.25, 0.3) is 0 Å². The molecule has 4 aromatic rings. The summed E-state index contributed by atoms with van der Waals surface area (Å²) in [5.74, 6) is 1.86. The predicted molar refractivity (Wildman–Crippen MR) is 165 cm³/mol. The topological polar surface area (TPSA) is 63.2 Å². The van der Waals surface area contributed by atoms with Crippen molar-refractivity contribution in [2.24, 2.45) is 0 Å². The minimum absolute atomic E-state index is 0.329. The number of carbonyl (C=O) groups excluding carboxylic acids is 1. The second-order valence-corrected chi connectivity index (χ2v) is 9.54. The van der Waals surface area contributed by atoms with Gasteiger partial charge < -0.3 is 23.7 Å². The molecule has 42 heavy (non-hydrogen) atoms. The first kappa shape index (κ1) is 30.4. The van der Waals surface area contributed by atoms with Crippen LogP contribution in [-0.2, 0) is 33.9 Å². The van der Waals surface area contributed by atoms with Crippen molar-refractivity contribution in [1.82, 2.24) is 0 Å². The fraction of sp³-hybridized carbons (Fsp3) is 0.250. The minimum Gasteiger partial charge on any atom is -0.490 e. The third kappa shape index (κ3) is 10.1. The highest BCUT2D eigenvalue weighted by atomic mass is 16.6. The van der Waals surface area contributed by atoms with Crippen LogP contribution >= 0.6 is 0 Å². The molecule has 218 valence electrons. The van der Waals surface area contributed by atoms with Crippen molar-refractivity contribution >= 4 is 12.0 Å². The fourth-order valence-electron chi connectivity index (χ4n) is 4.25. The van der Waals surface area contributed by atoms with Gasteiger partial charge in [0, 0.05) is 19.1 Å². The number of esters is 1. The van der Waals surface area contributed by atoms with Gasteiger partial charge in [0.2, 0.25) is 0 Å². The van der Waals surface area contributed by atoms with Gasteiger partial charge in [0.1, 0.15) is 37.1 Å².